The second-order valence-electron chi connectivity index (χ2n) is 5.79. The van der Waals surface area contributed by atoms with Crippen LogP contribution >= 0.6 is 11.6 Å². The van der Waals surface area contributed by atoms with E-state index in [0.717, 1.165) is 22.7 Å². The summed E-state index contributed by atoms with van der Waals surface area (Å²) >= 11 is 5.97. The number of anilines is 2. The standard InChI is InChI=1S/C18H20ClFN2O4S/c1-4-16(18(23)21-15-11-12(19)5-10-17(15)26-2)22(27(3,24)25)14-8-6-13(20)7-9-14/h5-11,16H,4H2,1-3H3,(H,21,23). The maximum atomic E-state index is 13.2. The molecule has 0 aromatic heterocycles. The van der Waals surface area contributed by atoms with Crippen LogP contribution in [-0.4, -0.2) is 33.7 Å². The van der Waals surface area contributed by atoms with E-state index in [4.69, 9.17) is 16.3 Å². The van der Waals surface area contributed by atoms with Gasteiger partial charge in [-0.15, -0.1) is 0 Å². The van der Waals surface area contributed by atoms with Crippen molar-refractivity contribution in [2.24, 2.45) is 0 Å². The molecule has 0 fully saturated rings. The SMILES string of the molecule is CCC(C(=O)Nc1cc(Cl)ccc1OC)N(c1ccc(F)cc1)S(C)(=O)=O. The summed E-state index contributed by atoms with van der Waals surface area (Å²) in [5, 5.41) is 3.05. The third-order valence-corrected chi connectivity index (χ3v) is 5.25. The average molecular weight is 415 g/mol. The molecule has 1 atom stereocenters. The van der Waals surface area contributed by atoms with Gasteiger partial charge in [-0.3, -0.25) is 9.10 Å². The van der Waals surface area contributed by atoms with Gasteiger partial charge in [0, 0.05) is 5.02 Å². The predicted octanol–water partition coefficient (Wildman–Crippen LogP) is 3.67. The second-order valence-corrected chi connectivity index (χ2v) is 8.09. The number of hydrogen-bond donors (Lipinski definition) is 1. The Morgan fingerprint density at radius 2 is 1.89 bits per heavy atom. The van der Waals surface area contributed by atoms with Crippen LogP contribution < -0.4 is 14.4 Å². The normalized spacial score (nSPS) is 12.3. The number of ether oxygens (including phenoxy) is 1. The van der Waals surface area contributed by atoms with Crippen molar-refractivity contribution in [2.45, 2.75) is 19.4 Å². The van der Waals surface area contributed by atoms with Crippen LogP contribution in [0, 0.1) is 5.82 Å². The van der Waals surface area contributed by atoms with Crippen molar-refractivity contribution in [2.75, 3.05) is 23.0 Å². The van der Waals surface area contributed by atoms with Gasteiger partial charge in [0.05, 0.1) is 24.7 Å². The molecular weight excluding hydrogens is 395 g/mol. The zero-order valence-electron chi connectivity index (χ0n) is 15.1. The van der Waals surface area contributed by atoms with E-state index in [1.165, 1.54) is 25.3 Å². The Morgan fingerprint density at radius 1 is 1.26 bits per heavy atom. The summed E-state index contributed by atoms with van der Waals surface area (Å²) in [5.41, 5.74) is 0.514. The van der Waals surface area contributed by atoms with Crippen LogP contribution in [0.25, 0.3) is 0 Å². The van der Waals surface area contributed by atoms with Crippen LogP contribution in [0.15, 0.2) is 42.5 Å². The minimum atomic E-state index is -3.81. The van der Waals surface area contributed by atoms with Gasteiger partial charge in [0.25, 0.3) is 0 Å². The molecule has 1 unspecified atom stereocenters. The van der Waals surface area contributed by atoms with Gasteiger partial charge in [-0.05, 0) is 48.9 Å². The molecule has 2 rings (SSSR count). The van der Waals surface area contributed by atoms with Crippen LogP contribution in [-0.2, 0) is 14.8 Å². The first-order chi connectivity index (χ1) is 12.7. The lowest BCUT2D eigenvalue weighted by atomic mass is 10.1. The maximum Gasteiger partial charge on any atom is 0.248 e. The summed E-state index contributed by atoms with van der Waals surface area (Å²) in [7, 11) is -2.37. The van der Waals surface area contributed by atoms with Gasteiger partial charge in [0.1, 0.15) is 17.6 Å². The number of nitrogens with one attached hydrogen (secondary N) is 1. The van der Waals surface area contributed by atoms with Crippen molar-refractivity contribution in [3.05, 3.63) is 53.3 Å². The summed E-state index contributed by atoms with van der Waals surface area (Å²) in [4.78, 5) is 12.9. The summed E-state index contributed by atoms with van der Waals surface area (Å²) in [5.74, 6) is -0.684. The number of halogens is 2. The molecule has 0 aliphatic carbocycles. The summed E-state index contributed by atoms with van der Waals surface area (Å²) < 4.78 is 44.1. The lowest BCUT2D eigenvalue weighted by Gasteiger charge is -2.30. The number of sulfonamides is 1. The molecule has 0 spiro atoms. The predicted molar refractivity (Wildman–Crippen MR) is 104 cm³/mol. The molecule has 1 amide bonds. The molecule has 1 N–H and O–H groups in total. The number of rotatable bonds is 7. The Balaban J connectivity index is 2.41. The highest BCUT2D eigenvalue weighted by Crippen LogP contribution is 2.29. The van der Waals surface area contributed by atoms with E-state index < -0.39 is 27.8 Å². The molecule has 0 bridgehead atoms. The van der Waals surface area contributed by atoms with E-state index in [1.807, 2.05) is 0 Å². The van der Waals surface area contributed by atoms with Gasteiger partial charge in [-0.25, -0.2) is 12.8 Å². The van der Waals surface area contributed by atoms with Crippen LogP contribution in [0.5, 0.6) is 5.75 Å². The molecule has 2 aromatic rings. The fraction of sp³-hybridized carbons (Fsp3) is 0.278. The molecule has 0 aliphatic rings. The van der Waals surface area contributed by atoms with Crippen molar-refractivity contribution in [3.63, 3.8) is 0 Å². The Bertz CT molecular complexity index is 919. The van der Waals surface area contributed by atoms with Gasteiger partial charge < -0.3 is 10.1 Å². The fourth-order valence-corrected chi connectivity index (χ4v) is 4.03. The number of carbonyl (C=O) groups is 1. The molecule has 9 heteroatoms. The third kappa shape index (κ3) is 5.11. The third-order valence-electron chi connectivity index (χ3n) is 3.83. The zero-order chi connectivity index (χ0) is 20.2. The molecule has 0 saturated heterocycles. The minimum Gasteiger partial charge on any atom is -0.495 e. The van der Waals surface area contributed by atoms with Gasteiger partial charge in [0.2, 0.25) is 15.9 Å². The minimum absolute atomic E-state index is 0.193. The van der Waals surface area contributed by atoms with E-state index in [9.17, 15) is 17.6 Å². The second kappa shape index (κ2) is 8.58. The van der Waals surface area contributed by atoms with Crippen LogP contribution in [0.1, 0.15) is 13.3 Å². The number of nitrogens with zero attached hydrogens (tertiary/aromatic N) is 1. The van der Waals surface area contributed by atoms with Gasteiger partial charge in [-0.1, -0.05) is 18.5 Å². The van der Waals surface area contributed by atoms with Crippen LogP contribution in [0.2, 0.25) is 5.02 Å². The van der Waals surface area contributed by atoms with E-state index in [0.29, 0.717) is 16.5 Å². The van der Waals surface area contributed by atoms with E-state index in [-0.39, 0.29) is 12.1 Å². The van der Waals surface area contributed by atoms with E-state index >= 15 is 0 Å². The summed E-state index contributed by atoms with van der Waals surface area (Å²) in [6, 6.07) is 8.55. The van der Waals surface area contributed by atoms with Gasteiger partial charge >= 0.3 is 0 Å². The molecule has 2 aromatic carbocycles. The maximum absolute atomic E-state index is 13.2. The first kappa shape index (κ1) is 21.0. The van der Waals surface area contributed by atoms with E-state index in [1.54, 1.807) is 19.1 Å². The van der Waals surface area contributed by atoms with Crippen molar-refractivity contribution >= 4 is 38.9 Å². The molecule has 0 saturated carbocycles. The number of benzene rings is 2. The highest BCUT2D eigenvalue weighted by molar-refractivity contribution is 7.92. The largest absolute Gasteiger partial charge is 0.495 e. The van der Waals surface area contributed by atoms with Crippen molar-refractivity contribution < 1.29 is 22.3 Å². The highest BCUT2D eigenvalue weighted by atomic mass is 35.5. The fourth-order valence-electron chi connectivity index (χ4n) is 2.64. The molecule has 6 nitrogen and oxygen atoms in total. The molecule has 0 aliphatic heterocycles. The van der Waals surface area contributed by atoms with Crippen molar-refractivity contribution in [1.82, 2.24) is 0 Å². The van der Waals surface area contributed by atoms with Gasteiger partial charge in [0.15, 0.2) is 0 Å². The molecule has 27 heavy (non-hydrogen) atoms. The number of carbonyl (C=O) groups excluding carboxylic acids is 1. The topological polar surface area (TPSA) is 75.7 Å². The quantitative estimate of drug-likeness (QED) is 0.750. The lowest BCUT2D eigenvalue weighted by Crippen LogP contribution is -2.47. The Kier molecular flexibility index (Phi) is 6.67. The van der Waals surface area contributed by atoms with Crippen LogP contribution in [0.3, 0.4) is 0 Å². The summed E-state index contributed by atoms with van der Waals surface area (Å²) in [6.07, 6.45) is 1.19. The number of amides is 1. The average Bonchev–Trinajstić information content (AvgIpc) is 2.59. The zero-order valence-corrected chi connectivity index (χ0v) is 16.6. The van der Waals surface area contributed by atoms with Crippen molar-refractivity contribution in [1.29, 1.82) is 0 Å². The first-order valence-electron chi connectivity index (χ1n) is 8.06. The molecule has 146 valence electrons. The van der Waals surface area contributed by atoms with Crippen LogP contribution in [0.4, 0.5) is 15.8 Å². The lowest BCUT2D eigenvalue weighted by molar-refractivity contribution is -0.117. The Labute approximate surface area is 162 Å². The van der Waals surface area contributed by atoms with Gasteiger partial charge in [-0.2, -0.15) is 0 Å². The Morgan fingerprint density at radius 3 is 2.41 bits per heavy atom. The van der Waals surface area contributed by atoms with E-state index in [2.05, 4.69) is 5.32 Å². The Hall–Kier alpha value is -2.32. The molecule has 0 radical (unpaired) electrons. The smallest absolute Gasteiger partial charge is 0.248 e. The van der Waals surface area contributed by atoms with Crippen molar-refractivity contribution in [3.8, 4) is 5.75 Å². The molecular formula is C18H20ClFN2O4S. The monoisotopic (exact) mass is 414 g/mol. The first-order valence-corrected chi connectivity index (χ1v) is 10.3. The highest BCUT2D eigenvalue weighted by Gasteiger charge is 2.32. The number of hydrogen-bond acceptors (Lipinski definition) is 4. The number of methoxy groups -OCH3 is 1. The molecule has 0 heterocycles. The summed E-state index contributed by atoms with van der Waals surface area (Å²) in [6.45, 7) is 1.68.